The molecule has 1 heterocycles. The highest BCUT2D eigenvalue weighted by Crippen LogP contribution is 2.28. The monoisotopic (exact) mass is 313 g/mol. The largest absolute Gasteiger partial charge is 0.493 e. The van der Waals surface area contributed by atoms with E-state index in [1.807, 2.05) is 0 Å². The van der Waals surface area contributed by atoms with E-state index in [1.54, 1.807) is 50.6 Å². The Morgan fingerprint density at radius 2 is 1.91 bits per heavy atom. The van der Waals surface area contributed by atoms with Crippen LogP contribution in [0, 0.1) is 0 Å². The highest BCUT2D eigenvalue weighted by molar-refractivity contribution is 5.78. The second kappa shape index (κ2) is 6.39. The summed E-state index contributed by atoms with van der Waals surface area (Å²) in [4.78, 5) is 16.1. The Hall–Kier alpha value is -3.02. The normalized spacial score (nSPS) is 10.5. The van der Waals surface area contributed by atoms with Crippen molar-refractivity contribution < 1.29 is 23.4 Å². The van der Waals surface area contributed by atoms with Crippen LogP contribution in [0.3, 0.4) is 0 Å². The number of carbonyl (C=O) groups excluding carboxylic acids is 1. The zero-order chi connectivity index (χ0) is 16.2. The summed E-state index contributed by atoms with van der Waals surface area (Å²) in [7, 11) is 3.11. The van der Waals surface area contributed by atoms with Gasteiger partial charge in [0.05, 0.1) is 20.6 Å². The predicted molar refractivity (Wildman–Crippen MR) is 82.9 cm³/mol. The Balaban J connectivity index is 1.71. The average Bonchev–Trinajstić information content (AvgIpc) is 3.02. The number of carbonyl (C=O) groups is 1. The van der Waals surface area contributed by atoms with E-state index in [0.717, 1.165) is 5.56 Å². The second-order valence-corrected chi connectivity index (χ2v) is 4.82. The number of benzene rings is 2. The predicted octanol–water partition coefficient (Wildman–Crippen LogP) is 2.99. The molecule has 3 aromatic rings. The van der Waals surface area contributed by atoms with Crippen LogP contribution in [0.15, 0.2) is 47.2 Å². The van der Waals surface area contributed by atoms with Gasteiger partial charge in [0, 0.05) is 6.07 Å². The Bertz CT molecular complexity index is 840. The van der Waals surface area contributed by atoms with Gasteiger partial charge >= 0.3 is 5.97 Å². The lowest BCUT2D eigenvalue weighted by atomic mass is 10.1. The second-order valence-electron chi connectivity index (χ2n) is 4.82. The maximum Gasteiger partial charge on any atom is 0.315 e. The standard InChI is InChI=1S/C17H15NO5/c1-20-15-5-3-11(7-16(15)21-2)8-17(19)23-12-4-6-14-13(9-12)18-10-22-14/h3-7,9-10H,8H2,1-2H3. The molecule has 6 nitrogen and oxygen atoms in total. The van der Waals surface area contributed by atoms with Crippen molar-refractivity contribution in [3.63, 3.8) is 0 Å². The van der Waals surface area contributed by atoms with Crippen LogP contribution in [-0.4, -0.2) is 25.2 Å². The SMILES string of the molecule is COc1ccc(CC(=O)Oc2ccc3ocnc3c2)cc1OC. The molecule has 0 saturated carbocycles. The number of nitrogens with zero attached hydrogens (tertiary/aromatic N) is 1. The molecular weight excluding hydrogens is 298 g/mol. The molecule has 0 saturated heterocycles. The molecule has 0 unspecified atom stereocenters. The summed E-state index contributed by atoms with van der Waals surface area (Å²) >= 11 is 0. The van der Waals surface area contributed by atoms with Gasteiger partial charge in [0.2, 0.25) is 0 Å². The molecule has 23 heavy (non-hydrogen) atoms. The Morgan fingerprint density at radius 3 is 2.70 bits per heavy atom. The van der Waals surface area contributed by atoms with Crippen LogP contribution in [0.2, 0.25) is 0 Å². The Labute approximate surface area is 132 Å². The van der Waals surface area contributed by atoms with Crippen LogP contribution in [0.5, 0.6) is 17.2 Å². The van der Waals surface area contributed by atoms with Gasteiger partial charge in [0.1, 0.15) is 11.3 Å². The quantitative estimate of drug-likeness (QED) is 0.533. The van der Waals surface area contributed by atoms with Crippen molar-refractivity contribution in [3.05, 3.63) is 48.4 Å². The molecule has 0 fully saturated rings. The molecule has 0 aliphatic rings. The van der Waals surface area contributed by atoms with Gasteiger partial charge in [0.15, 0.2) is 23.5 Å². The van der Waals surface area contributed by atoms with E-state index < -0.39 is 0 Å². The topological polar surface area (TPSA) is 70.8 Å². The number of hydrogen-bond acceptors (Lipinski definition) is 6. The summed E-state index contributed by atoms with van der Waals surface area (Å²) in [5.41, 5.74) is 2.06. The van der Waals surface area contributed by atoms with Gasteiger partial charge in [-0.3, -0.25) is 4.79 Å². The zero-order valence-corrected chi connectivity index (χ0v) is 12.7. The highest BCUT2D eigenvalue weighted by Gasteiger charge is 2.11. The molecule has 0 aliphatic heterocycles. The fraction of sp³-hybridized carbons (Fsp3) is 0.176. The van der Waals surface area contributed by atoms with E-state index >= 15 is 0 Å². The fourth-order valence-corrected chi connectivity index (χ4v) is 2.23. The van der Waals surface area contributed by atoms with Gasteiger partial charge in [-0.2, -0.15) is 0 Å². The van der Waals surface area contributed by atoms with Crippen molar-refractivity contribution >= 4 is 17.1 Å². The fourth-order valence-electron chi connectivity index (χ4n) is 2.23. The number of rotatable bonds is 5. The van der Waals surface area contributed by atoms with E-state index in [9.17, 15) is 4.79 Å². The van der Waals surface area contributed by atoms with Crippen LogP contribution in [0.1, 0.15) is 5.56 Å². The van der Waals surface area contributed by atoms with E-state index in [-0.39, 0.29) is 12.4 Å². The first-order valence-electron chi connectivity index (χ1n) is 6.94. The summed E-state index contributed by atoms with van der Waals surface area (Å²) in [6, 6.07) is 10.3. The van der Waals surface area contributed by atoms with Gasteiger partial charge in [-0.05, 0) is 29.8 Å². The molecule has 0 N–H and O–H groups in total. The number of esters is 1. The van der Waals surface area contributed by atoms with Gasteiger partial charge in [-0.15, -0.1) is 0 Å². The molecule has 0 bridgehead atoms. The average molecular weight is 313 g/mol. The lowest BCUT2D eigenvalue weighted by Gasteiger charge is -2.09. The third kappa shape index (κ3) is 3.26. The maximum absolute atomic E-state index is 12.1. The molecule has 2 aromatic carbocycles. The number of oxazole rings is 1. The van der Waals surface area contributed by atoms with Crippen LogP contribution >= 0.6 is 0 Å². The third-order valence-electron chi connectivity index (χ3n) is 3.33. The van der Waals surface area contributed by atoms with Crippen molar-refractivity contribution in [3.8, 4) is 17.2 Å². The number of ether oxygens (including phenoxy) is 3. The van der Waals surface area contributed by atoms with E-state index in [0.29, 0.717) is 28.3 Å². The third-order valence-corrected chi connectivity index (χ3v) is 3.33. The number of fused-ring (bicyclic) bond motifs is 1. The van der Waals surface area contributed by atoms with E-state index in [1.165, 1.54) is 6.39 Å². The van der Waals surface area contributed by atoms with E-state index in [2.05, 4.69) is 4.98 Å². The van der Waals surface area contributed by atoms with Crippen molar-refractivity contribution in [2.24, 2.45) is 0 Å². The smallest absolute Gasteiger partial charge is 0.315 e. The number of aromatic nitrogens is 1. The van der Waals surface area contributed by atoms with Crippen molar-refractivity contribution in [1.82, 2.24) is 4.98 Å². The summed E-state index contributed by atoms with van der Waals surface area (Å²) in [6.45, 7) is 0. The molecule has 118 valence electrons. The molecule has 0 amide bonds. The lowest BCUT2D eigenvalue weighted by Crippen LogP contribution is -2.11. The molecule has 1 aromatic heterocycles. The van der Waals surface area contributed by atoms with Gasteiger partial charge in [-0.25, -0.2) is 4.98 Å². The Kier molecular flexibility index (Phi) is 4.14. The summed E-state index contributed by atoms with van der Waals surface area (Å²) < 4.78 is 20.9. The summed E-state index contributed by atoms with van der Waals surface area (Å²) in [5.74, 6) is 1.24. The minimum Gasteiger partial charge on any atom is -0.493 e. The van der Waals surface area contributed by atoms with Gasteiger partial charge < -0.3 is 18.6 Å². The number of methoxy groups -OCH3 is 2. The minimum atomic E-state index is -0.375. The van der Waals surface area contributed by atoms with Crippen molar-refractivity contribution in [2.75, 3.05) is 14.2 Å². The molecule has 3 rings (SSSR count). The van der Waals surface area contributed by atoms with Gasteiger partial charge in [0.25, 0.3) is 0 Å². The molecule has 0 spiro atoms. The first kappa shape index (κ1) is 14.9. The summed E-state index contributed by atoms with van der Waals surface area (Å²) in [6.07, 6.45) is 1.47. The van der Waals surface area contributed by atoms with Crippen LogP contribution in [0.4, 0.5) is 0 Å². The molecule has 0 aliphatic carbocycles. The minimum absolute atomic E-state index is 0.122. The highest BCUT2D eigenvalue weighted by atomic mass is 16.5. The van der Waals surface area contributed by atoms with Crippen LogP contribution in [-0.2, 0) is 11.2 Å². The molecule has 0 atom stereocenters. The maximum atomic E-state index is 12.1. The van der Waals surface area contributed by atoms with Crippen LogP contribution < -0.4 is 14.2 Å². The number of hydrogen-bond donors (Lipinski definition) is 0. The molecular formula is C17H15NO5. The van der Waals surface area contributed by atoms with E-state index in [4.69, 9.17) is 18.6 Å². The molecule has 6 heteroatoms. The van der Waals surface area contributed by atoms with Crippen molar-refractivity contribution in [2.45, 2.75) is 6.42 Å². The Morgan fingerprint density at radius 1 is 1.09 bits per heavy atom. The first-order valence-corrected chi connectivity index (χ1v) is 6.94. The summed E-state index contributed by atoms with van der Waals surface area (Å²) in [5, 5.41) is 0. The lowest BCUT2D eigenvalue weighted by molar-refractivity contribution is -0.133. The van der Waals surface area contributed by atoms with Gasteiger partial charge in [-0.1, -0.05) is 6.07 Å². The van der Waals surface area contributed by atoms with Crippen molar-refractivity contribution in [1.29, 1.82) is 0 Å². The first-order chi connectivity index (χ1) is 11.2. The van der Waals surface area contributed by atoms with Crippen LogP contribution in [0.25, 0.3) is 11.1 Å². The zero-order valence-electron chi connectivity index (χ0n) is 12.7. The molecule has 0 radical (unpaired) electrons.